The zero-order valence-corrected chi connectivity index (χ0v) is 14.5. The third-order valence-electron chi connectivity index (χ3n) is 4.45. The lowest BCUT2D eigenvalue weighted by Gasteiger charge is -2.34. The molecular formula is C18H24N6O. The van der Waals surface area contributed by atoms with E-state index in [1.807, 2.05) is 30.3 Å². The molecule has 0 saturated carbocycles. The zero-order chi connectivity index (χ0) is 17.6. The minimum Gasteiger partial charge on any atom is -0.383 e. The number of nitrogens with one attached hydrogen (secondary N) is 1. The van der Waals surface area contributed by atoms with Crippen LogP contribution in [0.4, 0.5) is 11.8 Å². The minimum atomic E-state index is -0.260. The Hall–Kier alpha value is -2.67. The topological polar surface area (TPSA) is 87.4 Å². The number of aromatic nitrogens is 2. The number of nitrogens with two attached hydrogens (primary N) is 1. The summed E-state index contributed by atoms with van der Waals surface area (Å²) in [7, 11) is 0. The van der Waals surface area contributed by atoms with Gasteiger partial charge in [0.15, 0.2) is 0 Å². The van der Waals surface area contributed by atoms with Crippen molar-refractivity contribution in [3.8, 4) is 0 Å². The molecule has 0 atom stereocenters. The number of amides is 1. The molecule has 1 aliphatic heterocycles. The molecule has 0 bridgehead atoms. The Kier molecular flexibility index (Phi) is 5.45. The van der Waals surface area contributed by atoms with Gasteiger partial charge in [-0.2, -0.15) is 4.98 Å². The maximum atomic E-state index is 12.3. The molecule has 7 heteroatoms. The van der Waals surface area contributed by atoms with Gasteiger partial charge in [-0.3, -0.25) is 4.79 Å². The molecule has 132 valence electrons. The first-order chi connectivity index (χ1) is 12.2. The van der Waals surface area contributed by atoms with E-state index in [0.717, 1.165) is 38.3 Å². The number of rotatable bonds is 5. The fourth-order valence-corrected chi connectivity index (χ4v) is 2.85. The van der Waals surface area contributed by atoms with Crippen LogP contribution in [0, 0.1) is 0 Å². The van der Waals surface area contributed by atoms with Crippen molar-refractivity contribution >= 4 is 17.7 Å². The Morgan fingerprint density at radius 3 is 2.56 bits per heavy atom. The van der Waals surface area contributed by atoms with Crippen LogP contribution < -0.4 is 16.0 Å². The van der Waals surface area contributed by atoms with Crippen LogP contribution in [0.5, 0.6) is 0 Å². The molecule has 0 radical (unpaired) electrons. The molecule has 1 amide bonds. The molecule has 7 nitrogen and oxygen atoms in total. The summed E-state index contributed by atoms with van der Waals surface area (Å²) in [5.41, 5.74) is 7.34. The molecule has 1 aliphatic rings. The van der Waals surface area contributed by atoms with Crippen molar-refractivity contribution in [3.63, 3.8) is 0 Å². The van der Waals surface area contributed by atoms with E-state index in [2.05, 4.69) is 32.0 Å². The second kappa shape index (κ2) is 7.94. The number of hydrogen-bond donors (Lipinski definition) is 2. The maximum Gasteiger partial charge on any atom is 0.256 e. The van der Waals surface area contributed by atoms with Crippen LogP contribution in [-0.4, -0.2) is 53.5 Å². The summed E-state index contributed by atoms with van der Waals surface area (Å²) in [6.07, 6.45) is 1.52. The van der Waals surface area contributed by atoms with E-state index < -0.39 is 0 Å². The van der Waals surface area contributed by atoms with Crippen LogP contribution in [0.1, 0.15) is 22.8 Å². The number of carbonyl (C=O) groups excluding carboxylic acids is 1. The fraction of sp³-hybridized carbons (Fsp3) is 0.389. The molecule has 2 heterocycles. The van der Waals surface area contributed by atoms with Crippen LogP contribution in [0.2, 0.25) is 0 Å². The van der Waals surface area contributed by atoms with Gasteiger partial charge in [0.05, 0.1) is 5.56 Å². The monoisotopic (exact) mass is 340 g/mol. The Morgan fingerprint density at radius 1 is 1.20 bits per heavy atom. The highest BCUT2D eigenvalue weighted by Gasteiger charge is 2.20. The molecule has 1 aromatic heterocycles. The van der Waals surface area contributed by atoms with Crippen LogP contribution in [0.3, 0.4) is 0 Å². The molecule has 3 N–H and O–H groups in total. The average Bonchev–Trinajstić information content (AvgIpc) is 2.67. The highest BCUT2D eigenvalue weighted by Crippen LogP contribution is 2.15. The first-order valence-corrected chi connectivity index (χ1v) is 8.59. The van der Waals surface area contributed by atoms with Gasteiger partial charge in [-0.1, -0.05) is 37.3 Å². The lowest BCUT2D eigenvalue weighted by molar-refractivity contribution is 0.0951. The number of anilines is 2. The van der Waals surface area contributed by atoms with Crippen LogP contribution in [0.25, 0.3) is 0 Å². The van der Waals surface area contributed by atoms with Crippen molar-refractivity contribution < 1.29 is 4.79 Å². The number of likely N-dealkylation sites (N-methyl/N-ethyl adjacent to an activating group) is 1. The first-order valence-electron chi connectivity index (χ1n) is 8.59. The van der Waals surface area contributed by atoms with Gasteiger partial charge in [0.2, 0.25) is 5.95 Å². The molecule has 1 aromatic carbocycles. The van der Waals surface area contributed by atoms with Crippen molar-refractivity contribution in [1.82, 2.24) is 20.2 Å². The van der Waals surface area contributed by atoms with E-state index in [0.29, 0.717) is 18.1 Å². The smallest absolute Gasteiger partial charge is 0.256 e. The number of benzene rings is 1. The molecule has 3 rings (SSSR count). The van der Waals surface area contributed by atoms with Gasteiger partial charge >= 0.3 is 0 Å². The van der Waals surface area contributed by atoms with E-state index in [1.165, 1.54) is 6.20 Å². The quantitative estimate of drug-likeness (QED) is 0.848. The summed E-state index contributed by atoms with van der Waals surface area (Å²) >= 11 is 0. The number of nitrogens with zero attached hydrogens (tertiary/aromatic N) is 4. The fourth-order valence-electron chi connectivity index (χ4n) is 2.85. The molecule has 25 heavy (non-hydrogen) atoms. The van der Waals surface area contributed by atoms with Gasteiger partial charge in [0.25, 0.3) is 5.91 Å². The highest BCUT2D eigenvalue weighted by atomic mass is 16.1. The van der Waals surface area contributed by atoms with Gasteiger partial charge in [0.1, 0.15) is 5.82 Å². The molecule has 1 fully saturated rings. The molecule has 2 aromatic rings. The highest BCUT2D eigenvalue weighted by molar-refractivity contribution is 5.98. The minimum absolute atomic E-state index is 0.216. The third kappa shape index (κ3) is 4.24. The van der Waals surface area contributed by atoms with Crippen molar-refractivity contribution in [2.24, 2.45) is 0 Å². The standard InChI is InChI=1S/C18H24N6O/c1-2-23-8-10-24(11-9-23)18-21-13-15(16(19)22-18)17(25)20-12-14-6-4-3-5-7-14/h3-7,13H,2,8-12H2,1H3,(H,20,25)(H2,19,21,22). The summed E-state index contributed by atoms with van der Waals surface area (Å²) in [4.78, 5) is 25.5. The van der Waals surface area contributed by atoms with Crippen molar-refractivity contribution in [2.45, 2.75) is 13.5 Å². The summed E-state index contributed by atoms with van der Waals surface area (Å²) in [5, 5.41) is 2.85. The summed E-state index contributed by atoms with van der Waals surface area (Å²) < 4.78 is 0. The molecule has 1 saturated heterocycles. The molecule has 0 unspecified atom stereocenters. The van der Waals surface area contributed by atoms with E-state index >= 15 is 0 Å². The third-order valence-corrected chi connectivity index (χ3v) is 4.45. The first kappa shape index (κ1) is 17.2. The van der Waals surface area contributed by atoms with E-state index in [9.17, 15) is 4.79 Å². The number of piperazine rings is 1. The summed E-state index contributed by atoms with van der Waals surface area (Å²) in [6.45, 7) is 7.36. The van der Waals surface area contributed by atoms with Gasteiger partial charge in [-0.15, -0.1) is 0 Å². The Balaban J connectivity index is 1.62. The maximum absolute atomic E-state index is 12.3. The van der Waals surface area contributed by atoms with E-state index in [4.69, 9.17) is 5.73 Å². The number of carbonyl (C=O) groups is 1. The van der Waals surface area contributed by atoms with Crippen molar-refractivity contribution in [3.05, 3.63) is 47.7 Å². The summed E-state index contributed by atoms with van der Waals surface area (Å²) in [6, 6.07) is 9.73. The number of nitrogen functional groups attached to an aromatic ring is 1. The van der Waals surface area contributed by atoms with E-state index in [1.54, 1.807) is 0 Å². The largest absolute Gasteiger partial charge is 0.383 e. The lowest BCUT2D eigenvalue weighted by atomic mass is 10.2. The lowest BCUT2D eigenvalue weighted by Crippen LogP contribution is -2.46. The SMILES string of the molecule is CCN1CCN(c2ncc(C(=O)NCc3ccccc3)c(N)n2)CC1. The van der Waals surface area contributed by atoms with Gasteiger partial charge in [-0.25, -0.2) is 4.98 Å². The molecule has 0 spiro atoms. The van der Waals surface area contributed by atoms with Crippen molar-refractivity contribution in [2.75, 3.05) is 43.4 Å². The van der Waals surface area contributed by atoms with Gasteiger partial charge in [0, 0.05) is 38.9 Å². The second-order valence-corrected chi connectivity index (χ2v) is 6.06. The number of hydrogen-bond acceptors (Lipinski definition) is 6. The predicted molar refractivity (Wildman–Crippen MR) is 98.4 cm³/mol. The van der Waals surface area contributed by atoms with Crippen LogP contribution in [-0.2, 0) is 6.54 Å². The Labute approximate surface area is 147 Å². The normalized spacial score (nSPS) is 15.2. The molecule has 0 aliphatic carbocycles. The van der Waals surface area contributed by atoms with E-state index in [-0.39, 0.29) is 11.7 Å². The van der Waals surface area contributed by atoms with Gasteiger partial charge < -0.3 is 20.9 Å². The average molecular weight is 340 g/mol. The second-order valence-electron chi connectivity index (χ2n) is 6.06. The zero-order valence-electron chi connectivity index (χ0n) is 14.5. The summed E-state index contributed by atoms with van der Waals surface area (Å²) in [5.74, 6) is 0.546. The van der Waals surface area contributed by atoms with Crippen LogP contribution >= 0.6 is 0 Å². The Morgan fingerprint density at radius 2 is 1.92 bits per heavy atom. The van der Waals surface area contributed by atoms with Crippen LogP contribution in [0.15, 0.2) is 36.5 Å². The Bertz CT molecular complexity index is 713. The predicted octanol–water partition coefficient (Wildman–Crippen LogP) is 1.13. The molecular weight excluding hydrogens is 316 g/mol. The van der Waals surface area contributed by atoms with Gasteiger partial charge in [-0.05, 0) is 12.1 Å². The van der Waals surface area contributed by atoms with Crippen molar-refractivity contribution in [1.29, 1.82) is 0 Å².